The first-order chi connectivity index (χ1) is 12.4. The Morgan fingerprint density at radius 3 is 2.65 bits per heavy atom. The van der Waals surface area contributed by atoms with E-state index in [-0.39, 0.29) is 5.75 Å². The second kappa shape index (κ2) is 5.64. The summed E-state index contributed by atoms with van der Waals surface area (Å²) < 4.78 is 2.08. The number of aromatic hydroxyl groups is 1. The molecule has 132 valence electrons. The smallest absolute Gasteiger partial charge is 0.166 e. The molecule has 0 unspecified atom stereocenters. The van der Waals surface area contributed by atoms with Gasteiger partial charge in [0.15, 0.2) is 5.75 Å². The van der Waals surface area contributed by atoms with Crippen LogP contribution >= 0.6 is 47.8 Å². The Labute approximate surface area is 174 Å². The second-order valence-corrected chi connectivity index (χ2v) is 9.14. The predicted octanol–water partition coefficient (Wildman–Crippen LogP) is 3.11. The highest BCUT2D eigenvalue weighted by Gasteiger charge is 2.40. The lowest BCUT2D eigenvalue weighted by Gasteiger charge is -2.35. The minimum absolute atomic E-state index is 0.117. The standard InChI is InChI=1S/C18H12Br3N3O2/c19-8-5-18(6-9(20)15(8)25)2-4-23-14-11(18)12-10-7(1-3-22-12)17(21)24-13(10)16(14)26/h2,4-6,15,23,25-26H,1,3H2. The quantitative estimate of drug-likeness (QED) is 0.442. The topological polar surface area (TPSA) is 77.2 Å². The number of benzene rings is 1. The molecule has 3 heterocycles. The summed E-state index contributed by atoms with van der Waals surface area (Å²) in [5.41, 5.74) is 2.47. The van der Waals surface area contributed by atoms with Crippen molar-refractivity contribution in [1.82, 2.24) is 0 Å². The lowest BCUT2D eigenvalue weighted by Crippen LogP contribution is -2.42. The number of anilines is 1. The summed E-state index contributed by atoms with van der Waals surface area (Å²) in [5, 5.41) is 26.1. The minimum Gasteiger partial charge on any atom is -0.504 e. The molecule has 1 aromatic rings. The van der Waals surface area contributed by atoms with Gasteiger partial charge in [-0.3, -0.25) is 4.99 Å². The molecule has 26 heavy (non-hydrogen) atoms. The van der Waals surface area contributed by atoms with E-state index in [0.717, 1.165) is 32.8 Å². The number of aliphatic hydroxyl groups is 1. The van der Waals surface area contributed by atoms with E-state index in [1.165, 1.54) is 0 Å². The molecule has 0 amide bonds. The Balaban J connectivity index is 1.95. The molecule has 0 saturated heterocycles. The van der Waals surface area contributed by atoms with Crippen molar-refractivity contribution in [3.63, 3.8) is 0 Å². The molecule has 3 aliphatic heterocycles. The summed E-state index contributed by atoms with van der Waals surface area (Å²) in [4.78, 5) is 9.32. The molecule has 8 heteroatoms. The van der Waals surface area contributed by atoms with Gasteiger partial charge >= 0.3 is 0 Å². The summed E-state index contributed by atoms with van der Waals surface area (Å²) in [6, 6.07) is 0. The summed E-state index contributed by atoms with van der Waals surface area (Å²) in [7, 11) is 0. The van der Waals surface area contributed by atoms with Crippen molar-refractivity contribution in [3.05, 3.63) is 49.5 Å². The van der Waals surface area contributed by atoms with Gasteiger partial charge in [0.05, 0.1) is 16.5 Å². The number of hydrogen-bond donors (Lipinski definition) is 3. The van der Waals surface area contributed by atoms with Crippen molar-refractivity contribution in [3.8, 4) is 5.75 Å². The fraction of sp³-hybridized carbons (Fsp3) is 0.222. The van der Waals surface area contributed by atoms with Gasteiger partial charge in [-0.05, 0) is 34.1 Å². The van der Waals surface area contributed by atoms with Gasteiger partial charge in [0, 0.05) is 26.3 Å². The first-order valence-corrected chi connectivity index (χ1v) is 10.4. The number of allylic oxidation sites excluding steroid dienone is 3. The van der Waals surface area contributed by atoms with Gasteiger partial charge in [-0.15, -0.1) is 0 Å². The number of hydrogen-bond acceptors (Lipinski definition) is 5. The number of phenolic OH excluding ortho intramolecular Hbond substituents is 1. The molecule has 1 spiro atoms. The van der Waals surface area contributed by atoms with E-state index >= 15 is 0 Å². The largest absolute Gasteiger partial charge is 0.504 e. The zero-order valence-corrected chi connectivity index (χ0v) is 18.0. The van der Waals surface area contributed by atoms with Crippen molar-refractivity contribution in [1.29, 1.82) is 0 Å². The third-order valence-electron chi connectivity index (χ3n) is 5.11. The van der Waals surface area contributed by atoms with E-state index in [1.807, 2.05) is 18.2 Å². The Bertz CT molecular complexity index is 1110. The molecule has 3 N–H and O–H groups in total. The number of fused-ring (bicyclic) bond motifs is 3. The van der Waals surface area contributed by atoms with Crippen LogP contribution in [0.2, 0.25) is 0 Å². The molecule has 4 aliphatic rings. The van der Waals surface area contributed by atoms with E-state index in [9.17, 15) is 10.2 Å². The SMILES string of the molecule is Oc1c2c(c3c4c1N=C(Br)C=4CCN=3)C1(C=CN2)C=C(Br)C(O)C(Br)=C1. The van der Waals surface area contributed by atoms with E-state index in [0.29, 0.717) is 26.9 Å². The summed E-state index contributed by atoms with van der Waals surface area (Å²) >= 11 is 10.5. The van der Waals surface area contributed by atoms with Crippen LogP contribution in [-0.2, 0) is 5.41 Å². The lowest BCUT2D eigenvalue weighted by atomic mass is 9.74. The fourth-order valence-electron chi connectivity index (χ4n) is 3.98. The van der Waals surface area contributed by atoms with Crippen molar-refractivity contribution in [2.45, 2.75) is 17.9 Å². The number of halogens is 3. The lowest BCUT2D eigenvalue weighted by molar-refractivity contribution is 0.262. The molecular formula is C18H12Br3N3O2. The number of nitrogens with one attached hydrogen (secondary N) is 1. The Morgan fingerprint density at radius 2 is 1.92 bits per heavy atom. The molecule has 0 saturated carbocycles. The molecule has 0 aromatic heterocycles. The number of aliphatic hydroxyl groups excluding tert-OH is 1. The number of rotatable bonds is 0. The summed E-state index contributed by atoms with van der Waals surface area (Å²) in [5.74, 6) is 0.117. The fourth-order valence-corrected chi connectivity index (χ4v) is 6.11. The molecule has 1 aromatic carbocycles. The Hall–Kier alpha value is -1.22. The molecular weight excluding hydrogens is 530 g/mol. The van der Waals surface area contributed by atoms with Crippen molar-refractivity contribution in [2.24, 2.45) is 9.98 Å². The van der Waals surface area contributed by atoms with Gasteiger partial charge < -0.3 is 15.5 Å². The number of aliphatic imine (C=N–C) groups is 1. The van der Waals surface area contributed by atoms with E-state index in [1.54, 1.807) is 6.20 Å². The predicted molar refractivity (Wildman–Crippen MR) is 112 cm³/mol. The maximum atomic E-state index is 10.9. The van der Waals surface area contributed by atoms with E-state index in [2.05, 4.69) is 58.1 Å². The maximum absolute atomic E-state index is 10.9. The highest BCUT2D eigenvalue weighted by Crippen LogP contribution is 2.48. The van der Waals surface area contributed by atoms with Gasteiger partial charge in [0.25, 0.3) is 0 Å². The van der Waals surface area contributed by atoms with Crippen molar-refractivity contribution >= 4 is 69.4 Å². The molecule has 5 rings (SSSR count). The van der Waals surface area contributed by atoms with Crippen LogP contribution in [0.4, 0.5) is 11.4 Å². The van der Waals surface area contributed by atoms with Crippen LogP contribution in [0, 0.1) is 0 Å². The zero-order chi connectivity index (χ0) is 18.2. The van der Waals surface area contributed by atoms with Gasteiger partial charge in [0.1, 0.15) is 16.4 Å². The molecule has 0 bridgehead atoms. The third-order valence-corrected chi connectivity index (χ3v) is 7.09. The zero-order valence-electron chi connectivity index (χ0n) is 13.2. The van der Waals surface area contributed by atoms with Crippen LogP contribution in [0.5, 0.6) is 5.75 Å². The first kappa shape index (κ1) is 16.9. The molecule has 0 fully saturated rings. The van der Waals surface area contributed by atoms with Crippen molar-refractivity contribution in [2.75, 3.05) is 11.9 Å². The van der Waals surface area contributed by atoms with Gasteiger partial charge in [-0.1, -0.05) is 50.1 Å². The average molecular weight is 542 g/mol. The van der Waals surface area contributed by atoms with Crippen LogP contribution < -0.4 is 15.9 Å². The van der Waals surface area contributed by atoms with Crippen LogP contribution in [-0.4, -0.2) is 27.5 Å². The minimum atomic E-state index is -0.733. The maximum Gasteiger partial charge on any atom is 0.166 e. The second-order valence-electron chi connectivity index (χ2n) is 6.56. The first-order valence-electron chi connectivity index (χ1n) is 8.03. The van der Waals surface area contributed by atoms with Crippen LogP contribution in [0.15, 0.2) is 43.4 Å². The normalized spacial score (nSPS) is 27.9. The van der Waals surface area contributed by atoms with Crippen LogP contribution in [0.1, 0.15) is 12.0 Å². The van der Waals surface area contributed by atoms with Crippen molar-refractivity contribution < 1.29 is 10.2 Å². The van der Waals surface area contributed by atoms with Crippen LogP contribution in [0.25, 0.3) is 5.57 Å². The monoisotopic (exact) mass is 539 g/mol. The van der Waals surface area contributed by atoms with E-state index < -0.39 is 11.5 Å². The molecule has 0 atom stereocenters. The molecule has 0 radical (unpaired) electrons. The number of nitrogens with zero attached hydrogens (tertiary/aromatic N) is 2. The Kier molecular flexibility index (Phi) is 3.67. The average Bonchev–Trinajstić information content (AvgIpc) is 2.96. The van der Waals surface area contributed by atoms with Gasteiger partial charge in [0.2, 0.25) is 0 Å². The third kappa shape index (κ3) is 2.10. The van der Waals surface area contributed by atoms with E-state index in [4.69, 9.17) is 4.99 Å². The van der Waals surface area contributed by atoms with Gasteiger partial charge in [-0.25, -0.2) is 4.99 Å². The number of phenols is 1. The van der Waals surface area contributed by atoms with Gasteiger partial charge in [-0.2, -0.15) is 0 Å². The summed E-state index contributed by atoms with van der Waals surface area (Å²) in [6.45, 7) is 0.668. The highest BCUT2D eigenvalue weighted by atomic mass is 79.9. The molecule has 5 nitrogen and oxygen atoms in total. The summed E-state index contributed by atoms with van der Waals surface area (Å²) in [6.07, 6.45) is 7.76. The van der Waals surface area contributed by atoms with Crippen LogP contribution in [0.3, 0.4) is 0 Å². The highest BCUT2D eigenvalue weighted by molar-refractivity contribution is 9.18. The molecule has 1 aliphatic carbocycles. The Morgan fingerprint density at radius 1 is 1.19 bits per heavy atom.